The molecule has 2 atom stereocenters. The van der Waals surface area contributed by atoms with Crippen molar-refractivity contribution in [3.05, 3.63) is 69.2 Å². The lowest BCUT2D eigenvalue weighted by Gasteiger charge is -2.20. The second-order valence-electron chi connectivity index (χ2n) is 5.42. The maximum Gasteiger partial charge on any atom is 0.269 e. The number of halogens is 1. The molecule has 0 saturated heterocycles. The number of hydrogen-bond donors (Lipinski definition) is 2. The zero-order valence-corrected chi connectivity index (χ0v) is 14.1. The number of nitro benzene ring substituents is 1. The van der Waals surface area contributed by atoms with Gasteiger partial charge in [-0.05, 0) is 37.6 Å². The van der Waals surface area contributed by atoms with Crippen molar-refractivity contribution in [1.29, 1.82) is 0 Å². The average molecular weight is 348 g/mol. The van der Waals surface area contributed by atoms with Crippen LogP contribution < -0.4 is 10.6 Å². The summed E-state index contributed by atoms with van der Waals surface area (Å²) in [6, 6.07) is 12.6. The molecule has 2 rings (SSSR count). The Bertz CT molecular complexity index is 734. The van der Waals surface area contributed by atoms with Gasteiger partial charge in [-0.1, -0.05) is 29.8 Å². The molecule has 0 bridgehead atoms. The fourth-order valence-corrected chi connectivity index (χ4v) is 2.58. The van der Waals surface area contributed by atoms with E-state index in [1.807, 2.05) is 25.1 Å². The zero-order valence-electron chi connectivity index (χ0n) is 13.3. The molecule has 2 aromatic carbocycles. The van der Waals surface area contributed by atoms with E-state index in [0.717, 1.165) is 5.56 Å². The molecule has 2 unspecified atom stereocenters. The van der Waals surface area contributed by atoms with E-state index >= 15 is 0 Å². The normalized spacial score (nSPS) is 13.1. The largest absolute Gasteiger partial charge is 0.325 e. The lowest BCUT2D eigenvalue weighted by Crippen LogP contribution is -2.39. The number of nitro groups is 1. The van der Waals surface area contributed by atoms with E-state index in [4.69, 9.17) is 11.6 Å². The van der Waals surface area contributed by atoms with Gasteiger partial charge in [0.15, 0.2) is 0 Å². The summed E-state index contributed by atoms with van der Waals surface area (Å²) in [5.74, 6) is -0.234. The second kappa shape index (κ2) is 7.90. The van der Waals surface area contributed by atoms with Crippen LogP contribution in [-0.4, -0.2) is 16.9 Å². The zero-order chi connectivity index (χ0) is 17.7. The molecule has 0 fully saturated rings. The van der Waals surface area contributed by atoms with Gasteiger partial charge < -0.3 is 5.32 Å². The van der Waals surface area contributed by atoms with E-state index in [0.29, 0.717) is 10.7 Å². The molecule has 7 heteroatoms. The van der Waals surface area contributed by atoms with Crippen molar-refractivity contribution in [2.45, 2.75) is 25.9 Å². The smallest absolute Gasteiger partial charge is 0.269 e. The number of hydrogen-bond acceptors (Lipinski definition) is 4. The summed E-state index contributed by atoms with van der Waals surface area (Å²) in [6.45, 7) is 3.67. The van der Waals surface area contributed by atoms with Crippen molar-refractivity contribution < 1.29 is 9.72 Å². The van der Waals surface area contributed by atoms with Crippen LogP contribution in [-0.2, 0) is 4.79 Å². The van der Waals surface area contributed by atoms with Crippen LogP contribution in [0.3, 0.4) is 0 Å². The van der Waals surface area contributed by atoms with E-state index in [2.05, 4.69) is 10.6 Å². The minimum atomic E-state index is -0.485. The Morgan fingerprint density at radius 3 is 2.33 bits per heavy atom. The Hall–Kier alpha value is -2.44. The fourth-order valence-electron chi connectivity index (χ4n) is 2.28. The molecule has 24 heavy (non-hydrogen) atoms. The number of carbonyl (C=O) groups is 1. The van der Waals surface area contributed by atoms with Gasteiger partial charge in [-0.2, -0.15) is 0 Å². The Labute approximate surface area is 145 Å². The average Bonchev–Trinajstić information content (AvgIpc) is 2.55. The number of non-ortho nitro benzene ring substituents is 1. The first kappa shape index (κ1) is 17.9. The van der Waals surface area contributed by atoms with Crippen molar-refractivity contribution in [2.24, 2.45) is 0 Å². The predicted octanol–water partition coefficient (Wildman–Crippen LogP) is 3.93. The molecule has 0 aliphatic heterocycles. The highest BCUT2D eigenvalue weighted by Crippen LogP contribution is 2.22. The van der Waals surface area contributed by atoms with E-state index in [1.165, 1.54) is 24.3 Å². The summed E-state index contributed by atoms with van der Waals surface area (Å²) in [4.78, 5) is 22.4. The van der Waals surface area contributed by atoms with Crippen LogP contribution in [0.15, 0.2) is 48.5 Å². The van der Waals surface area contributed by atoms with Gasteiger partial charge in [0.1, 0.15) is 0 Å². The first-order valence-electron chi connectivity index (χ1n) is 7.44. The van der Waals surface area contributed by atoms with Crippen LogP contribution in [0.5, 0.6) is 0 Å². The molecule has 0 aliphatic carbocycles. The van der Waals surface area contributed by atoms with Gasteiger partial charge >= 0.3 is 0 Å². The molecule has 0 spiro atoms. The van der Waals surface area contributed by atoms with E-state index in [1.54, 1.807) is 13.0 Å². The molecule has 0 saturated carbocycles. The summed E-state index contributed by atoms with van der Waals surface area (Å²) in [7, 11) is 0. The third kappa shape index (κ3) is 4.53. The van der Waals surface area contributed by atoms with Crippen LogP contribution in [0.1, 0.15) is 25.5 Å². The molecule has 126 valence electrons. The lowest BCUT2D eigenvalue weighted by molar-refractivity contribution is -0.384. The number of amides is 1. The Kier molecular flexibility index (Phi) is 5.89. The third-order valence-corrected chi connectivity index (χ3v) is 3.95. The number of benzene rings is 2. The van der Waals surface area contributed by atoms with Crippen LogP contribution in [0.2, 0.25) is 5.02 Å². The summed E-state index contributed by atoms with van der Waals surface area (Å²) in [5.41, 5.74) is 1.39. The molecule has 2 N–H and O–H groups in total. The van der Waals surface area contributed by atoms with Gasteiger partial charge in [-0.3, -0.25) is 20.2 Å². The van der Waals surface area contributed by atoms with Crippen molar-refractivity contribution >= 4 is 28.9 Å². The molecule has 0 heterocycles. The standard InChI is InChI=1S/C17H18ClN3O3/c1-11(15-5-3-4-6-16(15)18)19-12(2)17(22)20-13-7-9-14(10-8-13)21(23)24/h3-12,19H,1-2H3,(H,20,22). The van der Waals surface area contributed by atoms with E-state index in [9.17, 15) is 14.9 Å². The second-order valence-corrected chi connectivity index (χ2v) is 5.83. The number of carbonyl (C=O) groups excluding carboxylic acids is 1. The van der Waals surface area contributed by atoms with Crippen molar-refractivity contribution in [2.75, 3.05) is 5.32 Å². The highest BCUT2D eigenvalue weighted by Gasteiger charge is 2.18. The van der Waals surface area contributed by atoms with Crippen molar-refractivity contribution in [3.8, 4) is 0 Å². The molecule has 0 aliphatic rings. The van der Waals surface area contributed by atoms with Crippen LogP contribution in [0, 0.1) is 10.1 Å². The summed E-state index contributed by atoms with van der Waals surface area (Å²) < 4.78 is 0. The van der Waals surface area contributed by atoms with Gasteiger partial charge in [0, 0.05) is 28.9 Å². The minimum Gasteiger partial charge on any atom is -0.325 e. The maximum atomic E-state index is 12.2. The van der Waals surface area contributed by atoms with Gasteiger partial charge in [-0.25, -0.2) is 0 Å². The monoisotopic (exact) mass is 347 g/mol. The summed E-state index contributed by atoms with van der Waals surface area (Å²) in [6.07, 6.45) is 0. The number of anilines is 1. The number of rotatable bonds is 6. The van der Waals surface area contributed by atoms with Gasteiger partial charge in [-0.15, -0.1) is 0 Å². The Morgan fingerprint density at radius 2 is 1.75 bits per heavy atom. The molecule has 2 aromatic rings. The maximum absolute atomic E-state index is 12.2. The summed E-state index contributed by atoms with van der Waals surface area (Å²) in [5, 5.41) is 17.2. The fraction of sp³-hybridized carbons (Fsp3) is 0.235. The van der Waals surface area contributed by atoms with Crippen molar-refractivity contribution in [3.63, 3.8) is 0 Å². The number of nitrogens with one attached hydrogen (secondary N) is 2. The topological polar surface area (TPSA) is 84.3 Å². The van der Waals surface area contributed by atoms with E-state index < -0.39 is 11.0 Å². The lowest BCUT2D eigenvalue weighted by atomic mass is 10.1. The minimum absolute atomic E-state index is 0.0217. The molecule has 0 radical (unpaired) electrons. The first-order chi connectivity index (χ1) is 11.4. The number of nitrogens with zero attached hydrogens (tertiary/aromatic N) is 1. The van der Waals surface area contributed by atoms with Crippen LogP contribution in [0.25, 0.3) is 0 Å². The van der Waals surface area contributed by atoms with Gasteiger partial charge in [0.25, 0.3) is 5.69 Å². The molecule has 6 nitrogen and oxygen atoms in total. The van der Waals surface area contributed by atoms with Crippen molar-refractivity contribution in [1.82, 2.24) is 5.32 Å². The molecular formula is C17H18ClN3O3. The third-order valence-electron chi connectivity index (χ3n) is 3.61. The highest BCUT2D eigenvalue weighted by molar-refractivity contribution is 6.31. The quantitative estimate of drug-likeness (QED) is 0.612. The Balaban J connectivity index is 1.97. The van der Waals surface area contributed by atoms with Gasteiger partial charge in [0.2, 0.25) is 5.91 Å². The molecule has 1 amide bonds. The first-order valence-corrected chi connectivity index (χ1v) is 7.82. The van der Waals surface area contributed by atoms with Gasteiger partial charge in [0.05, 0.1) is 11.0 Å². The SMILES string of the molecule is CC(NC(C)c1ccccc1Cl)C(=O)Nc1ccc([N+](=O)[O-])cc1. The predicted molar refractivity (Wildman–Crippen MR) is 94.2 cm³/mol. The molecule has 0 aromatic heterocycles. The van der Waals surface area contributed by atoms with Crippen LogP contribution >= 0.6 is 11.6 Å². The Morgan fingerprint density at radius 1 is 1.12 bits per heavy atom. The van der Waals surface area contributed by atoms with Crippen LogP contribution in [0.4, 0.5) is 11.4 Å². The van der Waals surface area contributed by atoms with E-state index in [-0.39, 0.29) is 17.6 Å². The molecular weight excluding hydrogens is 330 g/mol. The highest BCUT2D eigenvalue weighted by atomic mass is 35.5. The summed E-state index contributed by atoms with van der Waals surface area (Å²) >= 11 is 6.16.